The SMILES string of the molecule is C#Cc1ccc2c3c([nH]c2c1)C(C)(C)c1cc(N2CCC(N4CCOCC4)CC2)c(Cl)cc1C3. The first-order chi connectivity index (χ1) is 16.5. The zero-order valence-electron chi connectivity index (χ0n) is 20.1. The van der Waals surface area contributed by atoms with E-state index in [1.807, 2.05) is 6.07 Å². The summed E-state index contributed by atoms with van der Waals surface area (Å²) in [5, 5.41) is 2.13. The smallest absolute Gasteiger partial charge is 0.0642 e. The van der Waals surface area contributed by atoms with Gasteiger partial charge in [-0.15, -0.1) is 6.42 Å². The average Bonchev–Trinajstić information content (AvgIpc) is 3.23. The number of benzene rings is 2. The van der Waals surface area contributed by atoms with Crippen molar-refractivity contribution in [1.29, 1.82) is 0 Å². The van der Waals surface area contributed by atoms with Gasteiger partial charge in [0.05, 0.1) is 23.9 Å². The molecule has 0 amide bonds. The second kappa shape index (κ2) is 8.34. The molecule has 0 spiro atoms. The molecular formula is C29H32ClN3O. The Bertz CT molecular complexity index is 1290. The summed E-state index contributed by atoms with van der Waals surface area (Å²) in [7, 11) is 0. The number of aromatic amines is 1. The van der Waals surface area contributed by atoms with E-state index in [4.69, 9.17) is 22.8 Å². The van der Waals surface area contributed by atoms with Gasteiger partial charge in [0, 0.05) is 66.2 Å². The monoisotopic (exact) mass is 473 g/mol. The number of hydrogen-bond acceptors (Lipinski definition) is 3. The predicted octanol–water partition coefficient (Wildman–Crippen LogP) is 5.33. The Morgan fingerprint density at radius 1 is 1.09 bits per heavy atom. The fourth-order valence-corrected chi connectivity index (χ4v) is 6.68. The number of fused-ring (bicyclic) bond motifs is 4. The number of terminal acetylenes is 1. The predicted molar refractivity (Wildman–Crippen MR) is 140 cm³/mol. The molecule has 0 radical (unpaired) electrons. The van der Waals surface area contributed by atoms with Crippen molar-refractivity contribution in [3.63, 3.8) is 0 Å². The summed E-state index contributed by atoms with van der Waals surface area (Å²) >= 11 is 6.93. The highest BCUT2D eigenvalue weighted by atomic mass is 35.5. The molecule has 0 bridgehead atoms. The van der Waals surface area contributed by atoms with Crippen molar-refractivity contribution in [2.24, 2.45) is 0 Å². The van der Waals surface area contributed by atoms with Gasteiger partial charge in [-0.05, 0) is 53.8 Å². The number of H-pyrrole nitrogens is 1. The fraction of sp³-hybridized carbons (Fsp3) is 0.448. The zero-order valence-corrected chi connectivity index (χ0v) is 20.8. The molecule has 3 aromatic rings. The molecule has 2 saturated heterocycles. The van der Waals surface area contributed by atoms with Gasteiger partial charge in [-0.1, -0.05) is 37.4 Å². The normalized spacial score (nSPS) is 20.7. The number of ether oxygens (including phenoxy) is 1. The molecule has 34 heavy (non-hydrogen) atoms. The lowest BCUT2D eigenvalue weighted by Gasteiger charge is -2.41. The van der Waals surface area contributed by atoms with Gasteiger partial charge in [-0.25, -0.2) is 0 Å². The van der Waals surface area contributed by atoms with Crippen LogP contribution in [-0.4, -0.2) is 55.3 Å². The molecule has 4 nitrogen and oxygen atoms in total. The summed E-state index contributed by atoms with van der Waals surface area (Å²) in [6.45, 7) is 10.6. The average molecular weight is 474 g/mol. The Balaban J connectivity index is 1.31. The first-order valence-electron chi connectivity index (χ1n) is 12.5. The third kappa shape index (κ3) is 3.53. The van der Waals surface area contributed by atoms with Crippen molar-refractivity contribution in [3.8, 4) is 12.3 Å². The van der Waals surface area contributed by atoms with Crippen LogP contribution in [0.2, 0.25) is 5.02 Å². The lowest BCUT2D eigenvalue weighted by molar-refractivity contribution is 0.0115. The summed E-state index contributed by atoms with van der Waals surface area (Å²) in [4.78, 5) is 8.83. The largest absolute Gasteiger partial charge is 0.379 e. The van der Waals surface area contributed by atoms with Gasteiger partial charge >= 0.3 is 0 Å². The van der Waals surface area contributed by atoms with Gasteiger partial charge in [0.25, 0.3) is 0 Å². The number of morpholine rings is 1. The highest BCUT2D eigenvalue weighted by molar-refractivity contribution is 6.33. The molecule has 176 valence electrons. The second-order valence-corrected chi connectivity index (χ2v) is 10.9. The minimum absolute atomic E-state index is 0.135. The molecule has 2 aliphatic heterocycles. The molecule has 1 aliphatic carbocycles. The van der Waals surface area contributed by atoms with Crippen LogP contribution in [0.25, 0.3) is 10.9 Å². The van der Waals surface area contributed by atoms with Gasteiger partial charge in [0.15, 0.2) is 0 Å². The number of anilines is 1. The lowest BCUT2D eigenvalue weighted by Crippen LogP contribution is -2.49. The van der Waals surface area contributed by atoms with Crippen molar-refractivity contribution < 1.29 is 4.74 Å². The topological polar surface area (TPSA) is 31.5 Å². The van der Waals surface area contributed by atoms with Crippen LogP contribution >= 0.6 is 11.6 Å². The van der Waals surface area contributed by atoms with Crippen LogP contribution in [0.15, 0.2) is 30.3 Å². The van der Waals surface area contributed by atoms with Crippen LogP contribution in [-0.2, 0) is 16.6 Å². The molecule has 2 fully saturated rings. The first kappa shape index (κ1) is 22.0. The molecule has 3 heterocycles. The fourth-order valence-electron chi connectivity index (χ4n) is 6.38. The van der Waals surface area contributed by atoms with Gasteiger partial charge in [-0.3, -0.25) is 4.90 Å². The third-order valence-electron chi connectivity index (χ3n) is 8.28. The van der Waals surface area contributed by atoms with Crippen molar-refractivity contribution in [2.75, 3.05) is 44.3 Å². The summed E-state index contributed by atoms with van der Waals surface area (Å²) in [5.41, 5.74) is 8.45. The van der Waals surface area contributed by atoms with Crippen molar-refractivity contribution >= 4 is 28.2 Å². The molecule has 1 aromatic heterocycles. The summed E-state index contributed by atoms with van der Waals surface area (Å²) in [6.07, 6.45) is 8.90. The van der Waals surface area contributed by atoms with Gasteiger partial charge < -0.3 is 14.6 Å². The highest BCUT2D eigenvalue weighted by Gasteiger charge is 2.36. The maximum absolute atomic E-state index is 6.93. The molecule has 1 N–H and O–H groups in total. The van der Waals surface area contributed by atoms with E-state index in [9.17, 15) is 0 Å². The first-order valence-corrected chi connectivity index (χ1v) is 12.8. The number of piperidine rings is 1. The molecule has 0 saturated carbocycles. The summed E-state index contributed by atoms with van der Waals surface area (Å²) in [5.74, 6) is 2.76. The van der Waals surface area contributed by atoms with Crippen LogP contribution in [0, 0.1) is 12.3 Å². The van der Waals surface area contributed by atoms with E-state index >= 15 is 0 Å². The van der Waals surface area contributed by atoms with Crippen LogP contribution in [0.4, 0.5) is 5.69 Å². The minimum atomic E-state index is -0.135. The zero-order chi connectivity index (χ0) is 23.4. The van der Waals surface area contributed by atoms with Crippen LogP contribution < -0.4 is 4.90 Å². The van der Waals surface area contributed by atoms with E-state index in [1.54, 1.807) is 0 Å². The standard InChI is InChI=1S/C29H32ClN3O/c1-4-19-5-6-22-23-16-20-17-25(30)27(18-24(20)29(2,3)28(23)31-26(22)15-19)33-9-7-21(8-10-33)32-11-13-34-14-12-32/h1,5-6,15,17-18,21,31H,7-14,16H2,2-3H3. The van der Waals surface area contributed by atoms with E-state index in [1.165, 1.54) is 46.3 Å². The molecule has 3 aliphatic rings. The quantitative estimate of drug-likeness (QED) is 0.510. The van der Waals surface area contributed by atoms with Crippen molar-refractivity contribution in [3.05, 3.63) is 63.3 Å². The summed E-state index contributed by atoms with van der Waals surface area (Å²) in [6, 6.07) is 11.5. The number of nitrogens with one attached hydrogen (secondary N) is 1. The highest BCUT2D eigenvalue weighted by Crippen LogP contribution is 2.46. The van der Waals surface area contributed by atoms with Gasteiger partial charge in [0.2, 0.25) is 0 Å². The Labute approximate surface area is 207 Å². The van der Waals surface area contributed by atoms with Crippen molar-refractivity contribution in [1.82, 2.24) is 9.88 Å². The van der Waals surface area contributed by atoms with E-state index < -0.39 is 0 Å². The Kier molecular flexibility index (Phi) is 5.41. The Morgan fingerprint density at radius 3 is 2.59 bits per heavy atom. The number of halogens is 1. The van der Waals surface area contributed by atoms with Gasteiger partial charge in [-0.2, -0.15) is 0 Å². The van der Waals surface area contributed by atoms with E-state index in [0.29, 0.717) is 6.04 Å². The van der Waals surface area contributed by atoms with Crippen LogP contribution in [0.5, 0.6) is 0 Å². The van der Waals surface area contributed by atoms with E-state index in [-0.39, 0.29) is 5.41 Å². The number of hydrogen-bond donors (Lipinski definition) is 1. The van der Waals surface area contributed by atoms with Gasteiger partial charge in [0.1, 0.15) is 0 Å². The van der Waals surface area contributed by atoms with E-state index in [2.05, 4.69) is 58.8 Å². The third-order valence-corrected chi connectivity index (χ3v) is 8.58. The molecule has 2 aromatic carbocycles. The Morgan fingerprint density at radius 2 is 1.85 bits per heavy atom. The molecular weight excluding hydrogens is 442 g/mol. The molecule has 0 unspecified atom stereocenters. The molecule has 5 heteroatoms. The molecule has 6 rings (SSSR count). The summed E-state index contributed by atoms with van der Waals surface area (Å²) < 4.78 is 5.54. The lowest BCUT2D eigenvalue weighted by atomic mass is 9.71. The number of nitrogens with zero attached hydrogens (tertiary/aromatic N) is 2. The second-order valence-electron chi connectivity index (χ2n) is 10.5. The minimum Gasteiger partial charge on any atom is -0.379 e. The van der Waals surface area contributed by atoms with Crippen LogP contribution in [0.3, 0.4) is 0 Å². The molecule has 0 atom stereocenters. The van der Waals surface area contributed by atoms with Crippen molar-refractivity contribution in [2.45, 2.75) is 44.6 Å². The Hall–Kier alpha value is -2.45. The van der Waals surface area contributed by atoms with E-state index in [0.717, 1.165) is 61.9 Å². The number of aromatic nitrogens is 1. The number of rotatable bonds is 2. The van der Waals surface area contributed by atoms with Crippen LogP contribution in [0.1, 0.15) is 54.6 Å². The maximum atomic E-state index is 6.93. The maximum Gasteiger partial charge on any atom is 0.0642 e.